The van der Waals surface area contributed by atoms with Crippen LogP contribution in [0.4, 0.5) is 0 Å². The molecule has 0 fully saturated rings. The van der Waals surface area contributed by atoms with Crippen LogP contribution >= 0.6 is 11.8 Å². The number of hydrogen-bond acceptors (Lipinski definition) is 6. The van der Waals surface area contributed by atoms with Crippen LogP contribution in [0.5, 0.6) is 11.5 Å². The van der Waals surface area contributed by atoms with Gasteiger partial charge in [-0.05, 0) is 29.5 Å². The summed E-state index contributed by atoms with van der Waals surface area (Å²) in [7, 11) is 1.39. The zero-order chi connectivity index (χ0) is 16.1. The van der Waals surface area contributed by atoms with E-state index in [0.29, 0.717) is 23.0 Å². The Morgan fingerprint density at radius 1 is 1.55 bits per heavy atom. The molecule has 2 rings (SSSR count). The van der Waals surface area contributed by atoms with Crippen LogP contribution in [0.15, 0.2) is 28.3 Å². The number of nitrogens with one attached hydrogen (secondary N) is 1. The maximum Gasteiger partial charge on any atom is 0.342 e. The fourth-order valence-corrected chi connectivity index (χ4v) is 2.37. The Labute approximate surface area is 131 Å². The van der Waals surface area contributed by atoms with Gasteiger partial charge in [-0.15, -0.1) is 5.10 Å². The van der Waals surface area contributed by atoms with Gasteiger partial charge in [0.15, 0.2) is 0 Å². The van der Waals surface area contributed by atoms with Gasteiger partial charge in [-0.2, -0.15) is 0 Å². The molecule has 0 bridgehead atoms. The molecular formula is C14H14N3O4S-. The van der Waals surface area contributed by atoms with Gasteiger partial charge in [0.05, 0.1) is 7.11 Å². The first-order valence-corrected chi connectivity index (χ1v) is 7.24. The van der Waals surface area contributed by atoms with Crippen molar-refractivity contribution in [2.45, 2.75) is 18.5 Å². The number of aliphatic carboxylic acids is 1. The summed E-state index contributed by atoms with van der Waals surface area (Å²) >= 11 is 0.935. The van der Waals surface area contributed by atoms with Gasteiger partial charge in [0.25, 0.3) is 0 Å². The Morgan fingerprint density at radius 3 is 2.91 bits per heavy atom. The second-order valence-corrected chi connectivity index (χ2v) is 5.25. The molecule has 0 saturated carbocycles. The Hall–Kier alpha value is -2.48. The molecule has 2 aromatic rings. The Kier molecular flexibility index (Phi) is 5.05. The van der Waals surface area contributed by atoms with Crippen molar-refractivity contribution in [1.29, 1.82) is 0 Å². The monoisotopic (exact) mass is 320 g/mol. The number of aromatic nitrogens is 3. The quantitative estimate of drug-likeness (QED) is 0.615. The zero-order valence-electron chi connectivity index (χ0n) is 12.0. The number of thioether (sulfide) groups is 1. The van der Waals surface area contributed by atoms with E-state index in [1.54, 1.807) is 0 Å². The Bertz CT molecular complexity index is 712. The number of hydrogen-bond donors (Lipinski definition) is 2. The maximum absolute atomic E-state index is 11.5. The Balaban J connectivity index is 2.28. The molecule has 1 aromatic carbocycles. The molecule has 0 aliphatic heterocycles. The fraction of sp³-hybridized carbons (Fsp3) is 0.214. The molecule has 2 N–H and O–H groups in total. The highest BCUT2D eigenvalue weighted by atomic mass is 32.2. The van der Waals surface area contributed by atoms with Gasteiger partial charge in [-0.3, -0.25) is 5.10 Å². The molecule has 0 atom stereocenters. The first kappa shape index (κ1) is 15.9. The molecule has 0 aliphatic rings. The van der Waals surface area contributed by atoms with Gasteiger partial charge >= 0.3 is 5.97 Å². The number of carboxylic acids is 1. The molecule has 1 heterocycles. The first-order chi connectivity index (χ1) is 10.5. The number of benzene rings is 1. The van der Waals surface area contributed by atoms with Crippen LogP contribution in [-0.2, 0) is 11.2 Å². The highest BCUT2D eigenvalue weighted by Gasteiger charge is 2.13. The molecule has 22 heavy (non-hydrogen) atoms. The molecule has 0 amide bonds. The normalized spacial score (nSPS) is 11.5. The summed E-state index contributed by atoms with van der Waals surface area (Å²) < 4.78 is 4.94. The number of aromatic amines is 1. The predicted molar refractivity (Wildman–Crippen MR) is 79.7 cm³/mol. The summed E-state index contributed by atoms with van der Waals surface area (Å²) in [5.74, 6) is -0.511. The molecule has 7 nitrogen and oxygen atoms in total. The van der Waals surface area contributed by atoms with Crippen molar-refractivity contribution in [3.8, 4) is 11.5 Å². The number of aryl methyl sites for hydroxylation is 1. The van der Waals surface area contributed by atoms with E-state index in [4.69, 9.17) is 4.74 Å². The van der Waals surface area contributed by atoms with Gasteiger partial charge < -0.3 is 14.9 Å². The molecule has 8 heteroatoms. The molecule has 1 aromatic heterocycles. The van der Waals surface area contributed by atoms with Crippen LogP contribution < -0.4 is 9.84 Å². The van der Waals surface area contributed by atoms with E-state index in [2.05, 4.69) is 15.2 Å². The number of carbonyl (C=O) groups is 1. The van der Waals surface area contributed by atoms with Crippen LogP contribution in [0.2, 0.25) is 0 Å². The van der Waals surface area contributed by atoms with Crippen LogP contribution in [0.3, 0.4) is 0 Å². The largest absolute Gasteiger partial charge is 0.870 e. The molecule has 0 radical (unpaired) electrons. The average Bonchev–Trinajstić information content (AvgIpc) is 2.96. The third kappa shape index (κ3) is 3.79. The SMILES string of the molecule is CCc1nc(S/C(=C\c2ccc([O-])c(OC)c2)C(=O)O)n[nH]1. The third-order valence-corrected chi connectivity index (χ3v) is 3.62. The lowest BCUT2D eigenvalue weighted by atomic mass is 10.2. The lowest BCUT2D eigenvalue weighted by Crippen LogP contribution is -1.98. The van der Waals surface area contributed by atoms with E-state index in [0.717, 1.165) is 11.8 Å². The number of ether oxygens (including phenoxy) is 1. The molecule has 0 saturated heterocycles. The van der Waals surface area contributed by atoms with E-state index in [-0.39, 0.29) is 16.4 Å². The summed E-state index contributed by atoms with van der Waals surface area (Å²) in [6, 6.07) is 4.35. The number of nitrogens with zero attached hydrogens (tertiary/aromatic N) is 2. The van der Waals surface area contributed by atoms with E-state index in [9.17, 15) is 15.0 Å². The fourth-order valence-electron chi connectivity index (χ4n) is 1.64. The summed E-state index contributed by atoms with van der Waals surface area (Å²) in [5, 5.41) is 27.8. The van der Waals surface area contributed by atoms with Gasteiger partial charge in [0.2, 0.25) is 5.16 Å². The van der Waals surface area contributed by atoms with Crippen molar-refractivity contribution < 1.29 is 19.7 Å². The lowest BCUT2D eigenvalue weighted by molar-refractivity contribution is -0.270. The highest BCUT2D eigenvalue weighted by molar-refractivity contribution is 8.04. The summed E-state index contributed by atoms with van der Waals surface area (Å²) in [6.45, 7) is 1.92. The lowest BCUT2D eigenvalue weighted by Gasteiger charge is -2.12. The van der Waals surface area contributed by atoms with Crippen molar-refractivity contribution in [1.82, 2.24) is 15.2 Å². The van der Waals surface area contributed by atoms with Gasteiger partial charge in [0.1, 0.15) is 16.5 Å². The minimum Gasteiger partial charge on any atom is -0.870 e. The third-order valence-electron chi connectivity index (χ3n) is 2.74. The van der Waals surface area contributed by atoms with E-state index in [1.807, 2.05) is 6.92 Å². The van der Waals surface area contributed by atoms with E-state index < -0.39 is 5.97 Å². The van der Waals surface area contributed by atoms with Crippen molar-refractivity contribution in [3.05, 3.63) is 34.5 Å². The molecule has 116 valence electrons. The minimum atomic E-state index is -1.10. The van der Waals surface area contributed by atoms with E-state index in [1.165, 1.54) is 31.4 Å². The highest BCUT2D eigenvalue weighted by Crippen LogP contribution is 2.29. The minimum absolute atomic E-state index is 0.0438. The number of H-pyrrole nitrogens is 1. The standard InChI is InChI=1S/C14H15N3O4S/c1-3-12-15-14(17-16-12)22-11(13(19)20)7-8-4-5-9(18)10(6-8)21-2/h4-7,18H,3H2,1-2H3,(H,19,20)(H,15,16,17)/p-1/b11-7-. The predicted octanol–water partition coefficient (Wildman–Crippen LogP) is 1.67. The number of methoxy groups -OCH3 is 1. The van der Waals surface area contributed by atoms with E-state index >= 15 is 0 Å². The van der Waals surface area contributed by atoms with Crippen LogP contribution in [0.1, 0.15) is 18.3 Å². The van der Waals surface area contributed by atoms with Crippen molar-refractivity contribution >= 4 is 23.8 Å². The second kappa shape index (κ2) is 6.99. The van der Waals surface area contributed by atoms with Crippen LogP contribution in [-0.4, -0.2) is 33.4 Å². The molecular weight excluding hydrogens is 306 g/mol. The summed E-state index contributed by atoms with van der Waals surface area (Å²) in [5.41, 5.74) is 0.549. The summed E-state index contributed by atoms with van der Waals surface area (Å²) in [6.07, 6.45) is 2.12. The second-order valence-electron chi connectivity index (χ2n) is 4.24. The smallest absolute Gasteiger partial charge is 0.342 e. The van der Waals surface area contributed by atoms with Crippen molar-refractivity contribution in [2.24, 2.45) is 0 Å². The molecule has 0 spiro atoms. The van der Waals surface area contributed by atoms with Crippen molar-refractivity contribution in [3.63, 3.8) is 0 Å². The van der Waals surface area contributed by atoms with Gasteiger partial charge in [-0.1, -0.05) is 24.8 Å². The molecule has 0 unspecified atom stereocenters. The number of rotatable bonds is 6. The summed E-state index contributed by atoms with van der Waals surface area (Å²) in [4.78, 5) is 15.6. The maximum atomic E-state index is 11.5. The number of carboxylic acid groups (broad SMARTS) is 1. The van der Waals surface area contributed by atoms with Crippen molar-refractivity contribution in [2.75, 3.05) is 7.11 Å². The average molecular weight is 320 g/mol. The van der Waals surface area contributed by atoms with Gasteiger partial charge in [0, 0.05) is 6.42 Å². The van der Waals surface area contributed by atoms with Crippen LogP contribution in [0, 0.1) is 0 Å². The zero-order valence-corrected chi connectivity index (χ0v) is 12.8. The topological polar surface area (TPSA) is 111 Å². The first-order valence-electron chi connectivity index (χ1n) is 6.42. The molecule has 0 aliphatic carbocycles. The van der Waals surface area contributed by atoms with Crippen LogP contribution in [0.25, 0.3) is 6.08 Å². The Morgan fingerprint density at radius 2 is 2.32 bits per heavy atom. The van der Waals surface area contributed by atoms with Gasteiger partial charge in [-0.25, -0.2) is 9.78 Å².